The number of aryl methyl sites for hydroxylation is 1. The van der Waals surface area contributed by atoms with Crippen LogP contribution in [0.4, 0.5) is 16.3 Å². The normalized spacial score (nSPS) is 23.1. The minimum absolute atomic E-state index is 0.224. The van der Waals surface area contributed by atoms with Crippen molar-refractivity contribution in [1.82, 2.24) is 10.3 Å². The summed E-state index contributed by atoms with van der Waals surface area (Å²) in [5.41, 5.74) is 3.63. The van der Waals surface area contributed by atoms with Crippen molar-refractivity contribution in [2.75, 3.05) is 48.4 Å². The maximum atomic E-state index is 11.5. The Labute approximate surface area is 211 Å². The molecule has 0 bridgehead atoms. The molecule has 0 saturated carbocycles. The number of nitrogens with zero attached hydrogens (tertiary/aromatic N) is 3. The predicted octanol–water partition coefficient (Wildman–Crippen LogP) is 4.15. The van der Waals surface area contributed by atoms with E-state index in [4.69, 9.17) is 9.72 Å². The second kappa shape index (κ2) is 8.52. The molecule has 1 unspecified atom stereocenters. The number of hydrogen-bond donors (Lipinski definition) is 4. The van der Waals surface area contributed by atoms with E-state index in [1.54, 1.807) is 6.07 Å². The van der Waals surface area contributed by atoms with Gasteiger partial charge in [-0.05, 0) is 30.7 Å². The van der Waals surface area contributed by atoms with Gasteiger partial charge in [0, 0.05) is 43.3 Å². The van der Waals surface area contributed by atoms with Gasteiger partial charge in [0.1, 0.15) is 5.82 Å². The van der Waals surface area contributed by atoms with E-state index < -0.39 is 16.7 Å². The molecule has 2 aromatic carbocycles. The third-order valence-corrected chi connectivity index (χ3v) is 9.50. The largest absolute Gasteiger partial charge is 0.465 e. The van der Waals surface area contributed by atoms with Gasteiger partial charge in [-0.3, -0.25) is 9.11 Å². The fourth-order valence-electron chi connectivity index (χ4n) is 5.67. The number of amides is 1. The fourth-order valence-corrected chi connectivity index (χ4v) is 7.21. The first kappa shape index (κ1) is 23.4. The number of fused-ring (bicyclic) bond motifs is 2. The number of carbonyl (C=O) groups is 1. The molecule has 1 amide bonds. The van der Waals surface area contributed by atoms with E-state index in [2.05, 4.69) is 27.2 Å². The Morgan fingerprint density at radius 3 is 2.72 bits per heavy atom. The molecule has 0 aliphatic carbocycles. The Bertz CT molecular complexity index is 1350. The molecule has 36 heavy (non-hydrogen) atoms. The lowest BCUT2D eigenvalue weighted by Gasteiger charge is -2.41. The van der Waals surface area contributed by atoms with Crippen LogP contribution in [0.3, 0.4) is 0 Å². The SMILES string of the molecule is Cc1ccc2nc(N3CCS(O)(O)c4ccccc4C3)cc(N3CC(NC(=O)O)C4(COC4)C3)c2c1. The highest BCUT2D eigenvalue weighted by molar-refractivity contribution is 8.24. The standard InChI is InChI=1S/C26H30N4O5S/c1-17-6-7-20-19(10-17)21(30-13-23(28-25(31)32)26(14-30)15-35-16-26)11-24(27-20)29-8-9-36(33,34)22-5-3-2-4-18(22)12-29/h2-7,10-11,23,28,33-34H,8-9,12-16H2,1H3,(H,31,32). The number of ether oxygens (including phenoxy) is 1. The summed E-state index contributed by atoms with van der Waals surface area (Å²) in [6.07, 6.45) is -1.02. The highest BCUT2D eigenvalue weighted by Gasteiger charge is 2.53. The van der Waals surface area contributed by atoms with E-state index in [0.717, 1.165) is 33.5 Å². The van der Waals surface area contributed by atoms with Gasteiger partial charge in [0.25, 0.3) is 0 Å². The lowest BCUT2D eigenvalue weighted by atomic mass is 9.81. The quantitative estimate of drug-likeness (QED) is 0.415. The van der Waals surface area contributed by atoms with Gasteiger partial charge in [-0.15, -0.1) is 0 Å². The zero-order chi connectivity index (χ0) is 25.1. The van der Waals surface area contributed by atoms with Gasteiger partial charge >= 0.3 is 6.09 Å². The van der Waals surface area contributed by atoms with E-state index in [1.807, 2.05) is 37.3 Å². The van der Waals surface area contributed by atoms with Gasteiger partial charge in [-0.2, -0.15) is 10.6 Å². The van der Waals surface area contributed by atoms with Crippen LogP contribution < -0.4 is 15.1 Å². The summed E-state index contributed by atoms with van der Waals surface area (Å²) in [6.45, 7) is 5.33. The molecule has 190 valence electrons. The first-order valence-electron chi connectivity index (χ1n) is 12.1. The van der Waals surface area contributed by atoms with Crippen molar-refractivity contribution in [3.05, 3.63) is 59.7 Å². The van der Waals surface area contributed by atoms with E-state index in [0.29, 0.717) is 44.3 Å². The van der Waals surface area contributed by atoms with Crippen molar-refractivity contribution in [2.24, 2.45) is 5.41 Å². The van der Waals surface area contributed by atoms with Crippen LogP contribution in [-0.2, 0) is 11.3 Å². The number of benzene rings is 2. The second-order valence-corrected chi connectivity index (χ2v) is 12.3. The van der Waals surface area contributed by atoms with Crippen LogP contribution in [0.2, 0.25) is 0 Å². The van der Waals surface area contributed by atoms with Crippen molar-refractivity contribution in [2.45, 2.75) is 24.4 Å². The van der Waals surface area contributed by atoms with Crippen molar-refractivity contribution < 1.29 is 23.7 Å². The molecule has 3 aliphatic heterocycles. The van der Waals surface area contributed by atoms with Crippen LogP contribution in [0.5, 0.6) is 0 Å². The molecule has 2 fully saturated rings. The molecule has 2 saturated heterocycles. The van der Waals surface area contributed by atoms with Crippen LogP contribution >= 0.6 is 10.6 Å². The summed E-state index contributed by atoms with van der Waals surface area (Å²) in [5, 5.41) is 13.2. The van der Waals surface area contributed by atoms with E-state index >= 15 is 0 Å². The topological polar surface area (TPSA) is 118 Å². The molecule has 6 rings (SSSR count). The van der Waals surface area contributed by atoms with Gasteiger partial charge in [-0.25, -0.2) is 9.78 Å². The molecule has 3 aliphatic rings. The second-order valence-electron chi connectivity index (χ2n) is 10.2. The zero-order valence-corrected chi connectivity index (χ0v) is 20.9. The molecule has 0 radical (unpaired) electrons. The average Bonchev–Trinajstić information content (AvgIpc) is 3.14. The summed E-state index contributed by atoms with van der Waals surface area (Å²) in [4.78, 5) is 21.4. The Hall–Kier alpha value is -3.05. The maximum absolute atomic E-state index is 11.5. The third-order valence-electron chi connectivity index (χ3n) is 7.65. The highest BCUT2D eigenvalue weighted by Crippen LogP contribution is 2.51. The lowest BCUT2D eigenvalue weighted by Crippen LogP contribution is -2.57. The fraction of sp³-hybridized carbons (Fsp3) is 0.385. The molecule has 10 heteroatoms. The van der Waals surface area contributed by atoms with E-state index in [1.165, 1.54) is 0 Å². The molecule has 1 aromatic heterocycles. The summed E-state index contributed by atoms with van der Waals surface area (Å²) < 4.78 is 27.1. The average molecular weight is 511 g/mol. The van der Waals surface area contributed by atoms with Gasteiger partial charge in [0.15, 0.2) is 0 Å². The number of pyridine rings is 1. The molecular formula is C26H30N4O5S. The monoisotopic (exact) mass is 510 g/mol. The van der Waals surface area contributed by atoms with Crippen LogP contribution in [0, 0.1) is 12.3 Å². The molecule has 1 spiro atoms. The Balaban J connectivity index is 1.42. The van der Waals surface area contributed by atoms with E-state index in [9.17, 15) is 19.0 Å². The summed E-state index contributed by atoms with van der Waals surface area (Å²) in [5.74, 6) is 1.00. The number of aromatic nitrogens is 1. The summed E-state index contributed by atoms with van der Waals surface area (Å²) >= 11 is 0. The maximum Gasteiger partial charge on any atom is 0.404 e. The molecule has 9 nitrogen and oxygen atoms in total. The lowest BCUT2D eigenvalue weighted by molar-refractivity contribution is -0.111. The molecule has 3 aromatic rings. The number of rotatable bonds is 3. The predicted molar refractivity (Wildman–Crippen MR) is 140 cm³/mol. The van der Waals surface area contributed by atoms with Crippen molar-refractivity contribution in [3.8, 4) is 0 Å². The smallest absolute Gasteiger partial charge is 0.404 e. The number of anilines is 2. The first-order valence-corrected chi connectivity index (χ1v) is 13.8. The molecular weight excluding hydrogens is 480 g/mol. The number of carboxylic acid groups (broad SMARTS) is 1. The van der Waals surface area contributed by atoms with Gasteiger partial charge in [-0.1, -0.05) is 29.8 Å². The van der Waals surface area contributed by atoms with Crippen molar-refractivity contribution in [1.29, 1.82) is 0 Å². The molecule has 4 heterocycles. The number of hydrogen-bond acceptors (Lipinski definition) is 7. The Kier molecular flexibility index (Phi) is 5.52. The number of nitrogens with one attached hydrogen (secondary N) is 1. The third kappa shape index (κ3) is 3.94. The Morgan fingerprint density at radius 2 is 1.97 bits per heavy atom. The van der Waals surface area contributed by atoms with E-state index in [-0.39, 0.29) is 17.2 Å². The van der Waals surface area contributed by atoms with Gasteiger partial charge in [0.2, 0.25) is 0 Å². The van der Waals surface area contributed by atoms with Crippen molar-refractivity contribution >= 4 is 39.1 Å². The van der Waals surface area contributed by atoms with Crippen LogP contribution in [0.1, 0.15) is 11.1 Å². The van der Waals surface area contributed by atoms with Crippen molar-refractivity contribution in [3.63, 3.8) is 0 Å². The summed E-state index contributed by atoms with van der Waals surface area (Å²) in [7, 11) is -2.88. The van der Waals surface area contributed by atoms with Gasteiger partial charge < -0.3 is 25.0 Å². The zero-order valence-electron chi connectivity index (χ0n) is 20.1. The Morgan fingerprint density at radius 1 is 1.17 bits per heavy atom. The minimum Gasteiger partial charge on any atom is -0.465 e. The minimum atomic E-state index is -2.88. The van der Waals surface area contributed by atoms with Crippen LogP contribution in [-0.4, -0.2) is 69.9 Å². The summed E-state index contributed by atoms with van der Waals surface area (Å²) in [6, 6.07) is 15.5. The van der Waals surface area contributed by atoms with Gasteiger partial charge in [0.05, 0.1) is 40.8 Å². The molecule has 1 atom stereocenters. The highest BCUT2D eigenvalue weighted by atomic mass is 32.3. The van der Waals surface area contributed by atoms with Crippen LogP contribution in [0.25, 0.3) is 10.9 Å². The molecule has 4 N–H and O–H groups in total. The van der Waals surface area contributed by atoms with Crippen LogP contribution in [0.15, 0.2) is 53.4 Å². The first-order chi connectivity index (χ1) is 17.2.